The summed E-state index contributed by atoms with van der Waals surface area (Å²) < 4.78 is 2.42. The van der Waals surface area contributed by atoms with E-state index in [0.717, 1.165) is 0 Å². The van der Waals surface area contributed by atoms with Crippen LogP contribution in [0.15, 0.2) is 97.1 Å². The number of fused-ring (bicyclic) bond motifs is 5. The molecule has 4 aromatic carbocycles. The Kier molecular flexibility index (Phi) is 4.39. The first-order chi connectivity index (χ1) is 16.0. The maximum atomic E-state index is 2.53. The Morgan fingerprint density at radius 1 is 0.758 bits per heavy atom. The summed E-state index contributed by atoms with van der Waals surface area (Å²) >= 11 is 0. The van der Waals surface area contributed by atoms with Crippen LogP contribution in [0.25, 0.3) is 22.2 Å². The number of nitrogens with zero attached hydrogens (tertiary/aromatic N) is 2. The van der Waals surface area contributed by atoms with Gasteiger partial charge in [-0.1, -0.05) is 78.8 Å². The molecule has 2 nitrogen and oxygen atoms in total. The number of rotatable bonds is 3. The third kappa shape index (κ3) is 2.79. The van der Waals surface area contributed by atoms with Crippen LogP contribution in [0.2, 0.25) is 6.55 Å². The molecule has 0 saturated heterocycles. The van der Waals surface area contributed by atoms with Crippen LogP contribution < -0.4 is 20.5 Å². The molecule has 2 heterocycles. The molecule has 1 aliphatic rings. The van der Waals surface area contributed by atoms with Gasteiger partial charge >= 0.3 is 0 Å². The molecule has 0 N–H and O–H groups in total. The zero-order valence-electron chi connectivity index (χ0n) is 19.6. The molecule has 1 unspecified atom stereocenters. The molecule has 0 aliphatic carbocycles. The number of aryl methyl sites for hydroxylation is 2. The van der Waals surface area contributed by atoms with Crippen molar-refractivity contribution >= 4 is 45.9 Å². The van der Waals surface area contributed by atoms with Crippen molar-refractivity contribution in [2.45, 2.75) is 13.5 Å². The van der Waals surface area contributed by atoms with E-state index in [1.807, 2.05) is 0 Å². The predicted octanol–water partition coefficient (Wildman–Crippen LogP) is 5.34. The highest BCUT2D eigenvalue weighted by Gasteiger charge is 2.46. The average Bonchev–Trinajstić information content (AvgIpc) is 3.31. The van der Waals surface area contributed by atoms with E-state index >= 15 is 0 Å². The molecular formula is C30H28N2Si. The molecule has 0 bridgehead atoms. The van der Waals surface area contributed by atoms with Crippen LogP contribution in [0.1, 0.15) is 5.56 Å². The van der Waals surface area contributed by atoms with Crippen molar-refractivity contribution in [1.29, 1.82) is 0 Å². The summed E-state index contributed by atoms with van der Waals surface area (Å²) in [6, 6.07) is 36.0. The van der Waals surface area contributed by atoms with E-state index in [1.165, 1.54) is 49.5 Å². The molecule has 162 valence electrons. The number of anilines is 2. The third-order valence-corrected chi connectivity index (χ3v) is 12.1. The fraction of sp³-hybridized carbons (Fsp3) is 0.133. The minimum absolute atomic E-state index is 1.21. The van der Waals surface area contributed by atoms with Gasteiger partial charge in [-0.05, 0) is 58.4 Å². The molecular weight excluding hydrogens is 416 g/mol. The Hall–Kier alpha value is -3.56. The summed E-state index contributed by atoms with van der Waals surface area (Å²) in [6.07, 6.45) is 0. The lowest BCUT2D eigenvalue weighted by molar-refractivity contribution is 0.982. The van der Waals surface area contributed by atoms with Gasteiger partial charge < -0.3 is 9.47 Å². The summed E-state index contributed by atoms with van der Waals surface area (Å²) in [6.45, 7) is 4.67. The first-order valence-corrected chi connectivity index (χ1v) is 14.1. The summed E-state index contributed by atoms with van der Waals surface area (Å²) in [5.41, 5.74) is 7.82. The van der Waals surface area contributed by atoms with Crippen molar-refractivity contribution in [3.8, 4) is 11.3 Å². The van der Waals surface area contributed by atoms with Crippen LogP contribution in [-0.4, -0.2) is 19.7 Å². The van der Waals surface area contributed by atoms with Gasteiger partial charge in [-0.3, -0.25) is 0 Å². The number of hydrogen-bond donors (Lipinski definition) is 0. The van der Waals surface area contributed by atoms with E-state index in [4.69, 9.17) is 0 Å². The molecule has 5 aromatic rings. The Morgan fingerprint density at radius 2 is 1.42 bits per heavy atom. The standard InChI is InChI=1S/C30H28N2Si/c1-21-14-16-22(17-15-21)31(2)23-18-19-27-26(20-23)30-29(32(27)3)25-12-8-9-13-28(25)33(30,4)24-10-6-5-7-11-24/h5-20H,1-4H3. The van der Waals surface area contributed by atoms with E-state index in [2.05, 4.69) is 134 Å². The smallest absolute Gasteiger partial charge is 0.149 e. The first-order valence-electron chi connectivity index (χ1n) is 11.6. The number of hydrogen-bond acceptors (Lipinski definition) is 1. The maximum Gasteiger partial charge on any atom is 0.149 e. The Morgan fingerprint density at radius 3 is 2.18 bits per heavy atom. The molecule has 6 rings (SSSR count). The highest BCUT2D eigenvalue weighted by atomic mass is 28.3. The average molecular weight is 445 g/mol. The fourth-order valence-electron chi connectivity index (χ4n) is 5.71. The fourth-order valence-corrected chi connectivity index (χ4v) is 10.1. The van der Waals surface area contributed by atoms with Gasteiger partial charge in [0.15, 0.2) is 0 Å². The lowest BCUT2D eigenvalue weighted by atomic mass is 10.1. The topological polar surface area (TPSA) is 8.17 Å². The molecule has 1 aromatic heterocycles. The van der Waals surface area contributed by atoms with Crippen LogP contribution in [-0.2, 0) is 7.05 Å². The lowest BCUT2D eigenvalue weighted by Crippen LogP contribution is -2.62. The SMILES string of the molecule is Cc1ccc(N(C)c2ccc3c(c2)c2c(n3C)-c3ccccc3[Si]2(C)c2ccccc2)cc1. The van der Waals surface area contributed by atoms with Gasteiger partial charge in [0.05, 0.1) is 0 Å². The maximum absolute atomic E-state index is 2.53. The summed E-state index contributed by atoms with van der Waals surface area (Å²) in [4.78, 5) is 2.29. The van der Waals surface area contributed by atoms with Gasteiger partial charge in [-0.25, -0.2) is 0 Å². The molecule has 0 spiro atoms. The van der Waals surface area contributed by atoms with Gasteiger partial charge in [0.2, 0.25) is 0 Å². The minimum Gasteiger partial charge on any atom is -0.345 e. The molecule has 0 fully saturated rings. The molecule has 0 saturated carbocycles. The number of aromatic nitrogens is 1. The van der Waals surface area contributed by atoms with E-state index in [9.17, 15) is 0 Å². The van der Waals surface area contributed by atoms with E-state index in [1.54, 1.807) is 5.19 Å². The second-order valence-electron chi connectivity index (χ2n) is 9.42. The Balaban J connectivity index is 1.63. The second-order valence-corrected chi connectivity index (χ2v) is 13.3. The third-order valence-electron chi connectivity index (χ3n) is 7.56. The molecule has 0 radical (unpaired) electrons. The Labute approximate surface area is 196 Å². The van der Waals surface area contributed by atoms with Gasteiger partial charge in [0, 0.05) is 42.1 Å². The molecule has 0 amide bonds. The minimum atomic E-state index is -2.13. The van der Waals surface area contributed by atoms with Crippen LogP contribution >= 0.6 is 0 Å². The van der Waals surface area contributed by atoms with Crippen molar-refractivity contribution in [2.24, 2.45) is 7.05 Å². The zero-order valence-corrected chi connectivity index (χ0v) is 20.6. The first kappa shape index (κ1) is 20.1. The van der Waals surface area contributed by atoms with Crippen LogP contribution in [0.3, 0.4) is 0 Å². The summed E-state index contributed by atoms with van der Waals surface area (Å²) in [5.74, 6) is 0. The van der Waals surface area contributed by atoms with Crippen LogP contribution in [0.4, 0.5) is 11.4 Å². The van der Waals surface area contributed by atoms with Crippen molar-refractivity contribution in [1.82, 2.24) is 4.57 Å². The van der Waals surface area contributed by atoms with Crippen molar-refractivity contribution in [3.63, 3.8) is 0 Å². The van der Waals surface area contributed by atoms with Crippen molar-refractivity contribution in [3.05, 3.63) is 103 Å². The highest BCUT2D eigenvalue weighted by Crippen LogP contribution is 2.36. The van der Waals surface area contributed by atoms with Crippen molar-refractivity contribution < 1.29 is 0 Å². The molecule has 3 heteroatoms. The molecule has 1 aliphatic heterocycles. The van der Waals surface area contributed by atoms with Crippen LogP contribution in [0.5, 0.6) is 0 Å². The number of benzene rings is 4. The monoisotopic (exact) mass is 444 g/mol. The van der Waals surface area contributed by atoms with E-state index in [0.29, 0.717) is 0 Å². The van der Waals surface area contributed by atoms with Crippen molar-refractivity contribution in [2.75, 3.05) is 11.9 Å². The van der Waals surface area contributed by atoms with E-state index in [-0.39, 0.29) is 0 Å². The largest absolute Gasteiger partial charge is 0.345 e. The normalized spacial score (nSPS) is 16.6. The van der Waals surface area contributed by atoms with Gasteiger partial charge in [-0.2, -0.15) is 0 Å². The quantitative estimate of drug-likeness (QED) is 0.341. The van der Waals surface area contributed by atoms with Gasteiger partial charge in [0.25, 0.3) is 0 Å². The predicted molar refractivity (Wildman–Crippen MR) is 145 cm³/mol. The molecule has 33 heavy (non-hydrogen) atoms. The highest BCUT2D eigenvalue weighted by molar-refractivity contribution is 7.14. The Bertz CT molecular complexity index is 1500. The van der Waals surface area contributed by atoms with Gasteiger partial charge in [-0.15, -0.1) is 0 Å². The lowest BCUT2D eigenvalue weighted by Gasteiger charge is -2.26. The summed E-state index contributed by atoms with van der Waals surface area (Å²) in [5, 5.41) is 5.93. The van der Waals surface area contributed by atoms with Gasteiger partial charge in [0.1, 0.15) is 8.07 Å². The van der Waals surface area contributed by atoms with Crippen LogP contribution in [0, 0.1) is 6.92 Å². The zero-order chi connectivity index (χ0) is 22.7. The summed E-state index contributed by atoms with van der Waals surface area (Å²) in [7, 11) is 2.26. The second kappa shape index (κ2) is 7.22. The molecule has 1 atom stereocenters. The van der Waals surface area contributed by atoms with E-state index < -0.39 is 8.07 Å².